The van der Waals surface area contributed by atoms with Gasteiger partial charge in [0.2, 0.25) is 0 Å². The van der Waals surface area contributed by atoms with Crippen LogP contribution in [0.2, 0.25) is 0 Å². The fraction of sp³-hybridized carbons (Fsp3) is 0.636. The minimum Gasteiger partial charge on any atom is -0.479 e. The smallest absolute Gasteiger partial charge is 0.335 e. The summed E-state index contributed by atoms with van der Waals surface area (Å²) in [5, 5.41) is 31.3. The summed E-state index contributed by atoms with van der Waals surface area (Å²) in [7, 11) is 0. The topological polar surface area (TPSA) is 175 Å². The first-order valence-electron chi connectivity index (χ1n) is 25.2. The van der Waals surface area contributed by atoms with E-state index in [1.165, 1.54) is 25.7 Å². The van der Waals surface area contributed by atoms with E-state index in [0.29, 0.717) is 19.3 Å². The van der Waals surface area contributed by atoms with Crippen LogP contribution in [0.15, 0.2) is 97.2 Å². The number of hydrogen-bond donors (Lipinski definition) is 3. The van der Waals surface area contributed by atoms with Crippen molar-refractivity contribution in [3.05, 3.63) is 97.2 Å². The predicted octanol–water partition coefficient (Wildman–Crippen LogP) is 11.8. The maximum atomic E-state index is 13.0. The standard InChI is InChI=1S/C55H86O12/c1-4-7-10-13-16-19-21-23-24-26-27-30-32-35-38-41-47(56)63-44-46(65-48(57)42-39-36-33-29-18-15-12-9-6-3)45-64-55-53(51(60)50(59)52(67-55)54(61)62)66-49(58)43-40-37-34-31-28-25-22-20-17-14-11-8-5-2/h7-8,10-11,16-17,19-20,23-25,27-28,30,35,38,46,50-53,55,59-60H,4-6,9,12-15,18,21-22,26,29,31-34,36-37,39-45H2,1-3H3,(H,61,62)/b10-7-,11-8-,19-16-,20-17-,24-23-,28-25-,30-27-,38-35-. The molecule has 1 aliphatic heterocycles. The molecule has 6 atom stereocenters. The highest BCUT2D eigenvalue weighted by Crippen LogP contribution is 2.26. The second-order valence-corrected chi connectivity index (χ2v) is 16.7. The lowest BCUT2D eigenvalue weighted by molar-refractivity contribution is -0.301. The minimum absolute atomic E-state index is 0.0130. The number of aliphatic carboxylic acids is 1. The lowest BCUT2D eigenvalue weighted by Crippen LogP contribution is -2.61. The van der Waals surface area contributed by atoms with Crippen molar-refractivity contribution in [1.29, 1.82) is 0 Å². The van der Waals surface area contributed by atoms with Crippen LogP contribution in [0.5, 0.6) is 0 Å². The van der Waals surface area contributed by atoms with Gasteiger partial charge in [0.25, 0.3) is 0 Å². The molecule has 1 fully saturated rings. The van der Waals surface area contributed by atoms with Crippen molar-refractivity contribution in [2.24, 2.45) is 0 Å². The number of hydrogen-bond acceptors (Lipinski definition) is 11. The van der Waals surface area contributed by atoms with E-state index in [0.717, 1.165) is 89.9 Å². The number of esters is 3. The third kappa shape index (κ3) is 33.7. The second kappa shape index (κ2) is 43.0. The van der Waals surface area contributed by atoms with Crippen LogP contribution in [0.3, 0.4) is 0 Å². The van der Waals surface area contributed by atoms with Crippen molar-refractivity contribution in [2.45, 2.75) is 212 Å². The van der Waals surface area contributed by atoms with Crippen molar-refractivity contribution in [3.8, 4) is 0 Å². The molecule has 1 rings (SSSR count). The molecule has 6 unspecified atom stereocenters. The Hall–Kier alpha value is -4.36. The molecule has 0 aromatic heterocycles. The van der Waals surface area contributed by atoms with Gasteiger partial charge in [0.1, 0.15) is 18.8 Å². The molecule has 3 N–H and O–H groups in total. The maximum Gasteiger partial charge on any atom is 0.335 e. The zero-order valence-electron chi connectivity index (χ0n) is 41.1. The van der Waals surface area contributed by atoms with Crippen LogP contribution >= 0.6 is 0 Å². The predicted molar refractivity (Wildman–Crippen MR) is 266 cm³/mol. The van der Waals surface area contributed by atoms with Gasteiger partial charge in [-0.1, -0.05) is 176 Å². The van der Waals surface area contributed by atoms with Crippen molar-refractivity contribution in [2.75, 3.05) is 13.2 Å². The van der Waals surface area contributed by atoms with Gasteiger partial charge in [0.15, 0.2) is 24.6 Å². The summed E-state index contributed by atoms with van der Waals surface area (Å²) in [5.41, 5.74) is 0. The first-order chi connectivity index (χ1) is 32.6. The first kappa shape index (κ1) is 60.7. The Morgan fingerprint density at radius 2 is 0.985 bits per heavy atom. The SMILES string of the molecule is CC/C=C\C/C=C\C/C=C\C/C=C\C/C=C\CC(=O)OCC(COC1OC(C(=O)O)C(O)C(O)C1OC(=O)CCCCC/C=C\C/C=C\C/C=C\CC)OC(=O)CCCCCCCCCCC. The number of carbonyl (C=O) groups is 4. The zero-order valence-corrected chi connectivity index (χ0v) is 41.1. The van der Waals surface area contributed by atoms with Crippen LogP contribution in [-0.2, 0) is 42.9 Å². The molecule has 0 amide bonds. The normalized spacial score (nSPS) is 19.7. The highest BCUT2D eigenvalue weighted by molar-refractivity contribution is 5.74. The molecule has 378 valence electrons. The van der Waals surface area contributed by atoms with Gasteiger partial charge in [0, 0.05) is 12.8 Å². The Labute approximate surface area is 403 Å². The summed E-state index contributed by atoms with van der Waals surface area (Å²) < 4.78 is 28.1. The van der Waals surface area contributed by atoms with Crippen LogP contribution in [0.4, 0.5) is 0 Å². The molecule has 1 heterocycles. The molecule has 0 aromatic carbocycles. The molecule has 12 nitrogen and oxygen atoms in total. The van der Waals surface area contributed by atoms with Crippen molar-refractivity contribution in [3.63, 3.8) is 0 Å². The van der Waals surface area contributed by atoms with Gasteiger partial charge in [-0.3, -0.25) is 14.4 Å². The fourth-order valence-electron chi connectivity index (χ4n) is 6.86. The summed E-state index contributed by atoms with van der Waals surface area (Å²) >= 11 is 0. The van der Waals surface area contributed by atoms with Crippen LogP contribution in [0, 0.1) is 0 Å². The zero-order chi connectivity index (χ0) is 49.0. The fourth-order valence-corrected chi connectivity index (χ4v) is 6.86. The van der Waals surface area contributed by atoms with Gasteiger partial charge in [-0.2, -0.15) is 0 Å². The number of carbonyl (C=O) groups excluding carboxylic acids is 3. The third-order valence-corrected chi connectivity index (χ3v) is 10.7. The molecule has 0 aliphatic carbocycles. The van der Waals surface area contributed by atoms with Crippen LogP contribution in [0.1, 0.15) is 175 Å². The van der Waals surface area contributed by atoms with E-state index < -0.39 is 67.3 Å². The third-order valence-electron chi connectivity index (χ3n) is 10.7. The lowest BCUT2D eigenvalue weighted by atomic mass is 9.98. The molecular formula is C55H86O12. The molecular weight excluding hydrogens is 853 g/mol. The van der Waals surface area contributed by atoms with E-state index in [-0.39, 0.29) is 25.9 Å². The first-order valence-corrected chi connectivity index (χ1v) is 25.2. The van der Waals surface area contributed by atoms with E-state index in [1.807, 2.05) is 12.2 Å². The number of carboxylic acid groups (broad SMARTS) is 1. The minimum atomic E-state index is -1.92. The number of ether oxygens (including phenoxy) is 5. The molecule has 0 radical (unpaired) electrons. The Morgan fingerprint density at radius 1 is 0.522 bits per heavy atom. The van der Waals surface area contributed by atoms with Gasteiger partial charge in [-0.15, -0.1) is 0 Å². The maximum absolute atomic E-state index is 13.0. The van der Waals surface area contributed by atoms with Gasteiger partial charge in [-0.25, -0.2) is 4.79 Å². The molecule has 0 bridgehead atoms. The van der Waals surface area contributed by atoms with E-state index in [4.69, 9.17) is 23.7 Å². The average molecular weight is 939 g/mol. The summed E-state index contributed by atoms with van der Waals surface area (Å²) in [4.78, 5) is 50.6. The summed E-state index contributed by atoms with van der Waals surface area (Å²) in [5.74, 6) is -3.34. The van der Waals surface area contributed by atoms with E-state index in [2.05, 4.69) is 99.8 Å². The number of carboxylic acids is 1. The van der Waals surface area contributed by atoms with Crippen LogP contribution < -0.4 is 0 Å². The number of allylic oxidation sites excluding steroid dienone is 15. The largest absolute Gasteiger partial charge is 0.479 e. The highest BCUT2D eigenvalue weighted by atomic mass is 16.7. The molecule has 12 heteroatoms. The highest BCUT2D eigenvalue weighted by Gasteiger charge is 2.50. The number of rotatable bonds is 40. The van der Waals surface area contributed by atoms with Gasteiger partial charge in [0.05, 0.1) is 13.0 Å². The Morgan fingerprint density at radius 3 is 1.51 bits per heavy atom. The molecule has 0 saturated carbocycles. The number of unbranched alkanes of at least 4 members (excludes halogenated alkanes) is 11. The van der Waals surface area contributed by atoms with Gasteiger partial charge < -0.3 is 39.0 Å². The molecule has 0 aromatic rings. The van der Waals surface area contributed by atoms with E-state index >= 15 is 0 Å². The molecule has 1 aliphatic rings. The van der Waals surface area contributed by atoms with E-state index in [9.17, 15) is 34.5 Å². The summed E-state index contributed by atoms with van der Waals surface area (Å²) in [6.45, 7) is 5.58. The van der Waals surface area contributed by atoms with Gasteiger partial charge >= 0.3 is 23.9 Å². The van der Waals surface area contributed by atoms with Crippen molar-refractivity contribution in [1.82, 2.24) is 0 Å². The van der Waals surface area contributed by atoms with Gasteiger partial charge in [-0.05, 0) is 77.0 Å². The molecule has 0 spiro atoms. The monoisotopic (exact) mass is 939 g/mol. The molecule has 1 saturated heterocycles. The van der Waals surface area contributed by atoms with Crippen molar-refractivity contribution < 1.29 is 58.2 Å². The number of aliphatic hydroxyl groups excluding tert-OH is 2. The van der Waals surface area contributed by atoms with Crippen LogP contribution in [0.25, 0.3) is 0 Å². The average Bonchev–Trinajstić information content (AvgIpc) is 3.31. The quantitative estimate of drug-likeness (QED) is 0.0230. The Bertz CT molecular complexity index is 1540. The second-order valence-electron chi connectivity index (χ2n) is 16.7. The summed E-state index contributed by atoms with van der Waals surface area (Å²) in [6, 6.07) is 0. The van der Waals surface area contributed by atoms with E-state index in [1.54, 1.807) is 6.08 Å². The Kier molecular flexibility index (Phi) is 38.9. The van der Waals surface area contributed by atoms with Crippen LogP contribution in [-0.4, -0.2) is 89.2 Å². The molecule has 67 heavy (non-hydrogen) atoms. The lowest BCUT2D eigenvalue weighted by Gasteiger charge is -2.40. The summed E-state index contributed by atoms with van der Waals surface area (Å²) in [6.07, 6.45) is 43.0. The number of aliphatic hydroxyl groups is 2. The Balaban J connectivity index is 2.81. The van der Waals surface area contributed by atoms with Crippen molar-refractivity contribution >= 4 is 23.9 Å².